The van der Waals surface area contributed by atoms with Gasteiger partial charge in [0.1, 0.15) is 5.69 Å². The molecule has 1 aliphatic heterocycles. The molecule has 2 aromatic heterocycles. The van der Waals surface area contributed by atoms with Crippen molar-refractivity contribution >= 4 is 22.8 Å². The number of aryl methyl sites for hydroxylation is 1. The van der Waals surface area contributed by atoms with Gasteiger partial charge in [-0.1, -0.05) is 12.1 Å². The Morgan fingerprint density at radius 3 is 2.50 bits per heavy atom. The molecule has 3 heterocycles. The van der Waals surface area contributed by atoms with Crippen LogP contribution >= 0.6 is 0 Å². The van der Waals surface area contributed by atoms with Crippen molar-refractivity contribution in [2.45, 2.75) is 25.6 Å². The summed E-state index contributed by atoms with van der Waals surface area (Å²) in [4.78, 5) is 20.9. The zero-order valence-electron chi connectivity index (χ0n) is 15.5. The van der Waals surface area contributed by atoms with E-state index in [0.29, 0.717) is 6.54 Å². The maximum Gasteiger partial charge on any atom is 0.433 e. The molecule has 9 heteroatoms. The van der Waals surface area contributed by atoms with Gasteiger partial charge in [-0.3, -0.25) is 0 Å². The fraction of sp³-hybridized carbons (Fsp3) is 0.368. The average molecular weight is 388 g/mol. The van der Waals surface area contributed by atoms with Gasteiger partial charge in [0, 0.05) is 26.3 Å². The van der Waals surface area contributed by atoms with E-state index in [1.165, 1.54) is 0 Å². The molecule has 1 atom stereocenters. The van der Waals surface area contributed by atoms with E-state index in [1.807, 2.05) is 31.2 Å². The molecule has 1 unspecified atom stereocenters. The molecule has 0 amide bonds. The molecule has 1 aliphatic rings. The van der Waals surface area contributed by atoms with Gasteiger partial charge in [0.15, 0.2) is 5.82 Å². The number of hydrogen-bond donors (Lipinski definition) is 0. The van der Waals surface area contributed by atoms with Gasteiger partial charge >= 0.3 is 6.18 Å². The predicted octanol–water partition coefficient (Wildman–Crippen LogP) is 3.46. The molecule has 1 fully saturated rings. The molecule has 0 saturated carbocycles. The smallest absolute Gasteiger partial charge is 0.353 e. The zero-order chi connectivity index (χ0) is 19.9. The van der Waals surface area contributed by atoms with Gasteiger partial charge in [0.2, 0.25) is 5.95 Å². The van der Waals surface area contributed by atoms with E-state index in [-0.39, 0.29) is 12.0 Å². The molecule has 0 bridgehead atoms. The maximum absolute atomic E-state index is 12.9. The van der Waals surface area contributed by atoms with Crippen LogP contribution in [0.5, 0.6) is 0 Å². The van der Waals surface area contributed by atoms with E-state index < -0.39 is 11.9 Å². The highest BCUT2D eigenvalue weighted by Crippen LogP contribution is 2.30. The highest BCUT2D eigenvalue weighted by molar-refractivity contribution is 5.76. The largest absolute Gasteiger partial charge is 0.433 e. The molecule has 0 aliphatic carbocycles. The minimum absolute atomic E-state index is 0.0175. The third-order valence-corrected chi connectivity index (χ3v) is 4.98. The van der Waals surface area contributed by atoms with Gasteiger partial charge in [-0.2, -0.15) is 13.2 Å². The second-order valence-corrected chi connectivity index (χ2v) is 6.86. The molecular weight excluding hydrogens is 369 g/mol. The number of likely N-dealkylation sites (N-methyl/N-ethyl adjacent to an activating group) is 1. The van der Waals surface area contributed by atoms with Crippen molar-refractivity contribution in [1.82, 2.24) is 19.9 Å². The van der Waals surface area contributed by atoms with E-state index in [1.54, 1.807) is 11.9 Å². The van der Waals surface area contributed by atoms with Crippen LogP contribution in [0.25, 0.3) is 11.0 Å². The van der Waals surface area contributed by atoms with E-state index in [9.17, 15) is 13.2 Å². The van der Waals surface area contributed by atoms with Crippen LogP contribution in [0.3, 0.4) is 0 Å². The number of para-hydroxylation sites is 2. The standard InChI is InChI=1S/C19H19F3N6/c1-12-17(25-15-6-4-3-5-14(15)24-12)28-10-8-13(11-28)27(2)18-23-9-7-16(26-18)19(20,21)22/h3-7,9,13H,8,10-11H2,1-2H3. The van der Waals surface area contributed by atoms with Gasteiger partial charge in [0.05, 0.1) is 22.8 Å². The minimum atomic E-state index is -4.49. The number of halogens is 3. The van der Waals surface area contributed by atoms with Gasteiger partial charge < -0.3 is 9.80 Å². The lowest BCUT2D eigenvalue weighted by molar-refractivity contribution is -0.141. The van der Waals surface area contributed by atoms with Crippen LogP contribution in [0.4, 0.5) is 24.9 Å². The van der Waals surface area contributed by atoms with Gasteiger partial charge in [0.25, 0.3) is 0 Å². The average Bonchev–Trinajstić information content (AvgIpc) is 3.16. The van der Waals surface area contributed by atoms with E-state index >= 15 is 0 Å². The van der Waals surface area contributed by atoms with Gasteiger partial charge in [-0.25, -0.2) is 19.9 Å². The number of fused-ring (bicyclic) bond motifs is 1. The Kier molecular flexibility index (Phi) is 4.52. The van der Waals surface area contributed by atoms with Gasteiger partial charge in [-0.05, 0) is 31.5 Å². The summed E-state index contributed by atoms with van der Waals surface area (Å²) in [5, 5.41) is 0. The minimum Gasteiger partial charge on any atom is -0.353 e. The highest BCUT2D eigenvalue weighted by atomic mass is 19.4. The van der Waals surface area contributed by atoms with Crippen LogP contribution in [-0.4, -0.2) is 46.1 Å². The van der Waals surface area contributed by atoms with Crippen molar-refractivity contribution < 1.29 is 13.2 Å². The van der Waals surface area contributed by atoms with Gasteiger partial charge in [-0.15, -0.1) is 0 Å². The summed E-state index contributed by atoms with van der Waals surface area (Å²) in [7, 11) is 1.72. The molecule has 28 heavy (non-hydrogen) atoms. The van der Waals surface area contributed by atoms with Crippen molar-refractivity contribution in [3.8, 4) is 0 Å². The quantitative estimate of drug-likeness (QED) is 0.685. The molecule has 1 aromatic carbocycles. The SMILES string of the molecule is Cc1nc2ccccc2nc1N1CCC(N(C)c2nccc(C(F)(F)F)n2)C1. The van der Waals surface area contributed by atoms with E-state index in [0.717, 1.165) is 47.8 Å². The lowest BCUT2D eigenvalue weighted by Crippen LogP contribution is -2.36. The third-order valence-electron chi connectivity index (χ3n) is 4.98. The first-order valence-electron chi connectivity index (χ1n) is 8.94. The first kappa shape index (κ1) is 18.4. The van der Waals surface area contributed by atoms with Crippen LogP contribution in [0, 0.1) is 6.92 Å². The molecule has 4 rings (SSSR count). The first-order valence-corrected chi connectivity index (χ1v) is 8.94. The molecule has 6 nitrogen and oxygen atoms in total. The fourth-order valence-corrected chi connectivity index (χ4v) is 3.47. The summed E-state index contributed by atoms with van der Waals surface area (Å²) in [5.41, 5.74) is 1.56. The molecule has 0 radical (unpaired) electrons. The lowest BCUT2D eigenvalue weighted by atomic mass is 10.2. The van der Waals surface area contributed by atoms with Crippen LogP contribution < -0.4 is 9.80 Å². The topological polar surface area (TPSA) is 58.0 Å². The zero-order valence-corrected chi connectivity index (χ0v) is 15.5. The monoisotopic (exact) mass is 388 g/mol. The second kappa shape index (κ2) is 6.88. The van der Waals surface area contributed by atoms with Crippen LogP contribution in [-0.2, 0) is 6.18 Å². The Morgan fingerprint density at radius 2 is 1.79 bits per heavy atom. The number of hydrogen-bond acceptors (Lipinski definition) is 6. The Labute approximate surface area is 160 Å². The summed E-state index contributed by atoms with van der Waals surface area (Å²) < 4.78 is 38.8. The Hall–Kier alpha value is -2.97. The van der Waals surface area contributed by atoms with Crippen molar-refractivity contribution in [3.05, 3.63) is 47.9 Å². The van der Waals surface area contributed by atoms with Crippen LogP contribution in [0.1, 0.15) is 17.8 Å². The lowest BCUT2D eigenvalue weighted by Gasteiger charge is -2.26. The van der Waals surface area contributed by atoms with E-state index in [4.69, 9.17) is 4.98 Å². The molecule has 0 N–H and O–H groups in total. The van der Waals surface area contributed by atoms with Crippen molar-refractivity contribution in [1.29, 1.82) is 0 Å². The predicted molar refractivity (Wildman–Crippen MR) is 100 cm³/mol. The normalized spacial score (nSPS) is 17.3. The summed E-state index contributed by atoms with van der Waals surface area (Å²) in [6.07, 6.45) is -2.57. The number of alkyl halides is 3. The van der Waals surface area contributed by atoms with E-state index in [2.05, 4.69) is 19.9 Å². The molecule has 3 aromatic rings. The summed E-state index contributed by atoms with van der Waals surface area (Å²) in [5.74, 6) is 0.877. The number of aromatic nitrogens is 4. The van der Waals surface area contributed by atoms with Crippen molar-refractivity contribution in [3.63, 3.8) is 0 Å². The van der Waals surface area contributed by atoms with Crippen LogP contribution in [0.2, 0.25) is 0 Å². The molecule has 146 valence electrons. The third kappa shape index (κ3) is 3.44. The van der Waals surface area contributed by atoms with Crippen molar-refractivity contribution in [2.75, 3.05) is 29.9 Å². The fourth-order valence-electron chi connectivity index (χ4n) is 3.47. The summed E-state index contributed by atoms with van der Waals surface area (Å²) >= 11 is 0. The first-order chi connectivity index (χ1) is 13.3. The molecule has 1 saturated heterocycles. The van der Waals surface area contributed by atoms with Crippen molar-refractivity contribution in [2.24, 2.45) is 0 Å². The second-order valence-electron chi connectivity index (χ2n) is 6.86. The Balaban J connectivity index is 1.55. The highest BCUT2D eigenvalue weighted by Gasteiger charge is 2.34. The molecule has 0 spiro atoms. The number of anilines is 2. The molecular formula is C19H19F3N6. The Bertz CT molecular complexity index is 1010. The Morgan fingerprint density at radius 1 is 1.07 bits per heavy atom. The number of benzene rings is 1. The maximum atomic E-state index is 12.9. The summed E-state index contributed by atoms with van der Waals surface area (Å²) in [6.45, 7) is 3.27. The van der Waals surface area contributed by atoms with Crippen LogP contribution in [0.15, 0.2) is 36.5 Å². The summed E-state index contributed by atoms with van der Waals surface area (Å²) in [6, 6.07) is 8.54. The number of rotatable bonds is 3. The number of nitrogens with zero attached hydrogens (tertiary/aromatic N) is 6.